The fraction of sp³-hybridized carbons (Fsp3) is 0.235. The molecule has 46 heavy (non-hydrogen) atoms. The van der Waals surface area contributed by atoms with Gasteiger partial charge in [0.2, 0.25) is 5.95 Å². The summed E-state index contributed by atoms with van der Waals surface area (Å²) in [6, 6.07) is 17.5. The van der Waals surface area contributed by atoms with Gasteiger partial charge in [0.25, 0.3) is 5.56 Å². The molecule has 1 fully saturated rings. The number of Topliss-reactive ketones (excluding diaryl/α,β-unsaturated/α-hetero) is 1. The van der Waals surface area contributed by atoms with E-state index in [0.29, 0.717) is 51.6 Å². The van der Waals surface area contributed by atoms with Crippen LogP contribution in [-0.2, 0) is 4.74 Å². The number of carbonyl (C=O) groups excluding carboxylic acids is 1. The molecule has 2 aromatic heterocycles. The van der Waals surface area contributed by atoms with Crippen molar-refractivity contribution >= 4 is 57.3 Å². The van der Waals surface area contributed by atoms with E-state index < -0.39 is 23.0 Å². The number of fused-ring (bicyclic) bond motifs is 2. The van der Waals surface area contributed by atoms with Crippen molar-refractivity contribution in [2.45, 2.75) is 31.5 Å². The molecule has 1 saturated heterocycles. The number of ketones is 1. The van der Waals surface area contributed by atoms with Gasteiger partial charge in [0, 0.05) is 63.3 Å². The fourth-order valence-electron chi connectivity index (χ4n) is 6.22. The highest BCUT2D eigenvalue weighted by Crippen LogP contribution is 2.39. The molecule has 12 heteroatoms. The number of aromatic nitrogens is 3. The second-order valence-electron chi connectivity index (χ2n) is 11.9. The molecular formula is C34H29Cl2FN6O3. The summed E-state index contributed by atoms with van der Waals surface area (Å²) in [4.78, 5) is 37.9. The first-order valence-corrected chi connectivity index (χ1v) is 15.5. The molecule has 0 spiro atoms. The molecule has 0 saturated carbocycles. The Morgan fingerprint density at radius 3 is 2.61 bits per heavy atom. The largest absolute Gasteiger partial charge is 0.377 e. The third-order valence-corrected chi connectivity index (χ3v) is 8.91. The van der Waals surface area contributed by atoms with E-state index in [9.17, 15) is 9.59 Å². The molecule has 7 rings (SSSR count). The molecule has 2 aliphatic heterocycles. The molecule has 0 radical (unpaired) electrons. The molecule has 3 aromatic carbocycles. The second kappa shape index (κ2) is 11.8. The van der Waals surface area contributed by atoms with E-state index in [1.165, 1.54) is 10.6 Å². The van der Waals surface area contributed by atoms with Crippen LogP contribution in [0.25, 0.3) is 22.2 Å². The molecule has 2 unspecified atom stereocenters. The predicted molar refractivity (Wildman–Crippen MR) is 178 cm³/mol. The fourth-order valence-corrected chi connectivity index (χ4v) is 6.73. The van der Waals surface area contributed by atoms with E-state index in [2.05, 4.69) is 20.9 Å². The molecule has 0 amide bonds. The Balaban J connectivity index is 1.37. The predicted octanol–water partition coefficient (Wildman–Crippen LogP) is 6.94. The van der Waals surface area contributed by atoms with Crippen molar-refractivity contribution < 1.29 is 13.9 Å². The number of hydrogen-bond acceptors (Lipinski definition) is 8. The van der Waals surface area contributed by atoms with Crippen LogP contribution in [0.3, 0.4) is 0 Å². The maximum absolute atomic E-state index is 15.2. The first kappa shape index (κ1) is 30.3. The van der Waals surface area contributed by atoms with Gasteiger partial charge in [-0.2, -0.15) is 4.98 Å². The van der Waals surface area contributed by atoms with Gasteiger partial charge in [-0.1, -0.05) is 47.5 Å². The van der Waals surface area contributed by atoms with Crippen molar-refractivity contribution in [3.63, 3.8) is 0 Å². The molecule has 5 aromatic rings. The van der Waals surface area contributed by atoms with Gasteiger partial charge < -0.3 is 20.7 Å². The number of halogens is 3. The molecule has 0 aliphatic carbocycles. The van der Waals surface area contributed by atoms with E-state index in [1.54, 1.807) is 54.7 Å². The van der Waals surface area contributed by atoms with Gasteiger partial charge in [-0.25, -0.2) is 9.37 Å². The van der Waals surface area contributed by atoms with Gasteiger partial charge >= 0.3 is 0 Å². The number of para-hydroxylation sites is 1. The minimum absolute atomic E-state index is 0.120. The minimum Gasteiger partial charge on any atom is -0.377 e. The number of pyridine rings is 1. The van der Waals surface area contributed by atoms with Crippen LogP contribution in [0.2, 0.25) is 10.0 Å². The maximum atomic E-state index is 15.2. The molecular weight excluding hydrogens is 630 g/mol. The number of ether oxygens (including phenoxy) is 1. The van der Waals surface area contributed by atoms with Crippen LogP contribution in [0.15, 0.2) is 77.7 Å². The molecule has 0 bridgehead atoms. The lowest BCUT2D eigenvalue weighted by Gasteiger charge is -2.41. The Hall–Kier alpha value is -4.35. The number of anilines is 3. The summed E-state index contributed by atoms with van der Waals surface area (Å²) >= 11 is 12.7. The smallest absolute Gasteiger partial charge is 0.260 e. The zero-order chi connectivity index (χ0) is 32.2. The van der Waals surface area contributed by atoms with Crippen LogP contribution in [0.5, 0.6) is 0 Å². The monoisotopic (exact) mass is 658 g/mol. The first-order chi connectivity index (χ1) is 22.1. The molecule has 2 aliphatic rings. The molecule has 234 valence electrons. The lowest BCUT2D eigenvalue weighted by molar-refractivity contribution is 0.0255. The zero-order valence-corrected chi connectivity index (χ0v) is 26.4. The Kier molecular flexibility index (Phi) is 7.76. The lowest BCUT2D eigenvalue weighted by atomic mass is 9.82. The van der Waals surface area contributed by atoms with Gasteiger partial charge in [-0.15, -0.1) is 0 Å². The van der Waals surface area contributed by atoms with Crippen molar-refractivity contribution in [3.8, 4) is 11.1 Å². The topological polar surface area (TPSA) is 110 Å². The lowest BCUT2D eigenvalue weighted by Crippen LogP contribution is -2.51. The summed E-state index contributed by atoms with van der Waals surface area (Å²) < 4.78 is 22.3. The third-order valence-electron chi connectivity index (χ3n) is 8.37. The number of hydrogen-bond donors (Lipinski definition) is 3. The van der Waals surface area contributed by atoms with Gasteiger partial charge in [-0.05, 0) is 56.3 Å². The average Bonchev–Trinajstić information content (AvgIpc) is 3.02. The summed E-state index contributed by atoms with van der Waals surface area (Å²) in [6.07, 6.45) is 1.18. The molecule has 9 nitrogen and oxygen atoms in total. The SMILES string of the molecule is CC1(C)Nc2ccccc2C(=O)C1n1c(=O)c(-c2ccc(Cl)cc2Cl)cc2cnc(Nc3ccc(C4CNCCO4)c(F)c3)nc21. The third kappa shape index (κ3) is 5.41. The van der Waals surface area contributed by atoms with Gasteiger partial charge in [0.05, 0.1) is 23.3 Å². The zero-order valence-electron chi connectivity index (χ0n) is 24.9. The summed E-state index contributed by atoms with van der Waals surface area (Å²) in [5, 5.41) is 10.9. The van der Waals surface area contributed by atoms with E-state index >= 15 is 4.39 Å². The van der Waals surface area contributed by atoms with Crippen molar-refractivity contribution in [1.82, 2.24) is 19.9 Å². The highest BCUT2D eigenvalue weighted by molar-refractivity contribution is 6.36. The van der Waals surface area contributed by atoms with Gasteiger partial charge in [-0.3, -0.25) is 14.2 Å². The Morgan fingerprint density at radius 1 is 1.02 bits per heavy atom. The van der Waals surface area contributed by atoms with Crippen LogP contribution < -0.4 is 21.5 Å². The van der Waals surface area contributed by atoms with E-state index in [1.807, 2.05) is 26.0 Å². The molecule has 2 atom stereocenters. The van der Waals surface area contributed by atoms with Gasteiger partial charge in [0.1, 0.15) is 17.5 Å². The highest BCUT2D eigenvalue weighted by Gasteiger charge is 2.44. The van der Waals surface area contributed by atoms with E-state index in [4.69, 9.17) is 32.9 Å². The number of rotatable bonds is 5. The summed E-state index contributed by atoms with van der Waals surface area (Å²) in [5.41, 5.74) is 1.57. The quantitative estimate of drug-likeness (QED) is 0.186. The van der Waals surface area contributed by atoms with E-state index in [-0.39, 0.29) is 34.1 Å². The summed E-state index contributed by atoms with van der Waals surface area (Å²) in [5.74, 6) is -0.553. The minimum atomic E-state index is -0.994. The number of morpholine rings is 1. The highest BCUT2D eigenvalue weighted by atomic mass is 35.5. The standard InChI is InChI=1S/C34H29Cl2FN6O3/c1-34(2)30(29(44)23-5-3-4-6-27(23)42-34)43-31-18(13-24(32(43)45)21-9-7-19(35)14-25(21)36)16-39-33(41-31)40-20-8-10-22(26(37)15-20)28-17-38-11-12-46-28/h3-10,13-16,28,30,38,42H,11-12,17H2,1-2H3,(H,39,40,41). The van der Waals surface area contributed by atoms with Crippen molar-refractivity contribution in [1.29, 1.82) is 0 Å². The van der Waals surface area contributed by atoms with Crippen LogP contribution in [0.4, 0.5) is 21.7 Å². The van der Waals surface area contributed by atoms with Crippen LogP contribution in [0.1, 0.15) is 41.9 Å². The number of nitrogens with zero attached hydrogens (tertiary/aromatic N) is 3. The average molecular weight is 660 g/mol. The normalized spacial score (nSPS) is 19.0. The maximum Gasteiger partial charge on any atom is 0.260 e. The van der Waals surface area contributed by atoms with Crippen LogP contribution in [0, 0.1) is 5.82 Å². The summed E-state index contributed by atoms with van der Waals surface area (Å²) in [7, 11) is 0. The van der Waals surface area contributed by atoms with Crippen LogP contribution >= 0.6 is 23.2 Å². The Morgan fingerprint density at radius 2 is 1.85 bits per heavy atom. The number of carbonyl (C=O) groups is 1. The Labute approximate surface area is 273 Å². The van der Waals surface area contributed by atoms with Crippen molar-refractivity contribution in [2.75, 3.05) is 30.3 Å². The molecule has 4 heterocycles. The number of benzene rings is 3. The van der Waals surface area contributed by atoms with Crippen LogP contribution in [-0.4, -0.2) is 45.6 Å². The van der Waals surface area contributed by atoms with Gasteiger partial charge in [0.15, 0.2) is 5.78 Å². The Bertz CT molecular complexity index is 2080. The van der Waals surface area contributed by atoms with E-state index in [0.717, 1.165) is 6.54 Å². The first-order valence-electron chi connectivity index (χ1n) is 14.8. The van der Waals surface area contributed by atoms with Crippen molar-refractivity contribution in [2.24, 2.45) is 0 Å². The number of nitrogens with one attached hydrogen (secondary N) is 3. The van der Waals surface area contributed by atoms with Crippen molar-refractivity contribution in [3.05, 3.63) is 110 Å². The summed E-state index contributed by atoms with van der Waals surface area (Å²) in [6.45, 7) is 5.48. The molecule has 3 N–H and O–H groups in total. The second-order valence-corrected chi connectivity index (χ2v) is 12.8.